The second kappa shape index (κ2) is 7.08. The summed E-state index contributed by atoms with van der Waals surface area (Å²) in [7, 11) is 4.14. The number of likely N-dealkylation sites (N-methyl/N-ethyl adjacent to an activating group) is 1. The number of alkyl halides is 3. The van der Waals surface area contributed by atoms with Crippen molar-refractivity contribution >= 4 is 39.2 Å². The third-order valence-electron chi connectivity index (χ3n) is 5.40. The number of nitrogens with zero attached hydrogens (tertiary/aromatic N) is 5. The van der Waals surface area contributed by atoms with E-state index in [1.165, 1.54) is 6.33 Å². The average Bonchev–Trinajstić information content (AvgIpc) is 2.95. The molecule has 28 heavy (non-hydrogen) atoms. The van der Waals surface area contributed by atoms with Crippen LogP contribution < -0.4 is 4.90 Å². The summed E-state index contributed by atoms with van der Waals surface area (Å²) in [6.07, 6.45) is -0.871. The molecule has 0 aliphatic carbocycles. The molecular formula is C19H21ClF3N5. The zero-order valence-electron chi connectivity index (χ0n) is 15.7. The molecule has 1 fully saturated rings. The Morgan fingerprint density at radius 1 is 1.25 bits per heavy atom. The van der Waals surface area contributed by atoms with Gasteiger partial charge >= 0.3 is 6.18 Å². The standard InChI is InChI=1S/C19H21ClF3N5/c1-26(2)13-4-3-7-27(9-13)12-5-6-15-14(8-12)16-17(18(20)25-11-24-16)28(15)10-19(21,22)23/h5-6,8,11,13H,3-4,7,9-10H2,1-2H3. The Labute approximate surface area is 165 Å². The van der Waals surface area contributed by atoms with Gasteiger partial charge in [-0.15, -0.1) is 0 Å². The van der Waals surface area contributed by atoms with Crippen molar-refractivity contribution in [1.29, 1.82) is 0 Å². The van der Waals surface area contributed by atoms with Crippen LogP contribution in [0.3, 0.4) is 0 Å². The summed E-state index contributed by atoms with van der Waals surface area (Å²) < 4.78 is 40.7. The molecule has 3 aromatic rings. The lowest BCUT2D eigenvalue weighted by molar-refractivity contribution is -0.139. The fourth-order valence-electron chi connectivity index (χ4n) is 4.01. The third kappa shape index (κ3) is 3.51. The highest BCUT2D eigenvalue weighted by atomic mass is 35.5. The summed E-state index contributed by atoms with van der Waals surface area (Å²) in [5.41, 5.74) is 2.11. The molecule has 9 heteroatoms. The number of aromatic nitrogens is 3. The molecular weight excluding hydrogens is 391 g/mol. The smallest absolute Gasteiger partial charge is 0.370 e. The molecule has 1 unspecified atom stereocenters. The molecule has 1 atom stereocenters. The van der Waals surface area contributed by atoms with E-state index in [2.05, 4.69) is 33.9 Å². The minimum atomic E-state index is -4.37. The number of anilines is 1. The van der Waals surface area contributed by atoms with E-state index in [4.69, 9.17) is 11.6 Å². The van der Waals surface area contributed by atoms with Crippen molar-refractivity contribution in [3.63, 3.8) is 0 Å². The minimum absolute atomic E-state index is 0.0256. The van der Waals surface area contributed by atoms with Crippen LogP contribution in [0, 0.1) is 0 Å². The van der Waals surface area contributed by atoms with Crippen LogP contribution >= 0.6 is 11.6 Å². The molecule has 0 spiro atoms. The van der Waals surface area contributed by atoms with E-state index < -0.39 is 12.7 Å². The average molecular weight is 412 g/mol. The predicted molar refractivity (Wildman–Crippen MR) is 105 cm³/mol. The molecule has 0 amide bonds. The quantitative estimate of drug-likeness (QED) is 0.601. The van der Waals surface area contributed by atoms with Crippen molar-refractivity contribution in [3.8, 4) is 0 Å². The van der Waals surface area contributed by atoms with E-state index in [1.54, 1.807) is 6.07 Å². The van der Waals surface area contributed by atoms with Crippen molar-refractivity contribution < 1.29 is 13.2 Å². The zero-order chi connectivity index (χ0) is 20.1. The molecule has 4 rings (SSSR count). The summed E-state index contributed by atoms with van der Waals surface area (Å²) in [6.45, 7) is 0.675. The molecule has 1 aromatic carbocycles. The summed E-state index contributed by atoms with van der Waals surface area (Å²) >= 11 is 6.15. The number of benzene rings is 1. The molecule has 2 aromatic heterocycles. The normalized spacial score (nSPS) is 18.5. The summed E-state index contributed by atoms with van der Waals surface area (Å²) in [5.74, 6) is 0. The molecule has 150 valence electrons. The molecule has 1 aliphatic rings. The van der Waals surface area contributed by atoms with Gasteiger partial charge in [-0.3, -0.25) is 0 Å². The highest BCUT2D eigenvalue weighted by Crippen LogP contribution is 2.36. The van der Waals surface area contributed by atoms with Gasteiger partial charge in [0.15, 0.2) is 5.15 Å². The van der Waals surface area contributed by atoms with Gasteiger partial charge in [0.05, 0.1) is 5.52 Å². The van der Waals surface area contributed by atoms with E-state index >= 15 is 0 Å². The second-order valence-corrected chi connectivity index (χ2v) is 7.83. The Hall–Kier alpha value is -2.06. The molecule has 0 N–H and O–H groups in total. The molecule has 0 bridgehead atoms. The van der Waals surface area contributed by atoms with Crippen molar-refractivity contribution in [1.82, 2.24) is 19.4 Å². The van der Waals surface area contributed by atoms with Gasteiger partial charge in [0.2, 0.25) is 0 Å². The lowest BCUT2D eigenvalue weighted by Crippen LogP contribution is -2.45. The van der Waals surface area contributed by atoms with Crippen molar-refractivity contribution in [2.75, 3.05) is 32.1 Å². The number of fused-ring (bicyclic) bond motifs is 3. The minimum Gasteiger partial charge on any atom is -0.370 e. The van der Waals surface area contributed by atoms with Crippen LogP contribution in [0.2, 0.25) is 5.15 Å². The molecule has 0 saturated carbocycles. The Morgan fingerprint density at radius 3 is 2.75 bits per heavy atom. The number of rotatable bonds is 3. The van der Waals surface area contributed by atoms with E-state index in [-0.39, 0.29) is 10.7 Å². The highest BCUT2D eigenvalue weighted by Gasteiger charge is 2.31. The first-order valence-corrected chi connectivity index (χ1v) is 9.53. The van der Waals surface area contributed by atoms with Crippen molar-refractivity contribution in [2.24, 2.45) is 0 Å². The van der Waals surface area contributed by atoms with Gasteiger partial charge in [-0.25, -0.2) is 9.97 Å². The molecule has 5 nitrogen and oxygen atoms in total. The van der Waals surface area contributed by atoms with E-state index in [1.807, 2.05) is 12.1 Å². The molecule has 0 radical (unpaired) electrons. The Kier molecular flexibility index (Phi) is 4.87. The first-order valence-electron chi connectivity index (χ1n) is 9.15. The highest BCUT2D eigenvalue weighted by molar-refractivity contribution is 6.34. The van der Waals surface area contributed by atoms with Crippen molar-refractivity contribution in [3.05, 3.63) is 29.7 Å². The Morgan fingerprint density at radius 2 is 2.04 bits per heavy atom. The predicted octanol–water partition coefficient (Wildman–Crippen LogP) is 4.33. The monoisotopic (exact) mass is 411 g/mol. The van der Waals surface area contributed by atoms with Gasteiger partial charge < -0.3 is 14.4 Å². The van der Waals surface area contributed by atoms with Gasteiger partial charge in [-0.2, -0.15) is 13.2 Å². The van der Waals surface area contributed by atoms with Gasteiger partial charge in [0, 0.05) is 30.2 Å². The van der Waals surface area contributed by atoms with Crippen LogP contribution in [-0.4, -0.2) is 58.8 Å². The third-order valence-corrected chi connectivity index (χ3v) is 5.68. The summed E-state index contributed by atoms with van der Waals surface area (Å²) in [6, 6.07) is 5.99. The maximum absolute atomic E-state index is 13.2. The lowest BCUT2D eigenvalue weighted by atomic mass is 10.0. The number of hydrogen-bond donors (Lipinski definition) is 0. The van der Waals surface area contributed by atoms with Crippen molar-refractivity contribution in [2.45, 2.75) is 31.6 Å². The lowest BCUT2D eigenvalue weighted by Gasteiger charge is -2.37. The van der Waals surface area contributed by atoms with E-state index in [9.17, 15) is 13.2 Å². The van der Waals surface area contributed by atoms with Crippen LogP contribution in [0.5, 0.6) is 0 Å². The maximum Gasteiger partial charge on any atom is 0.406 e. The summed E-state index contributed by atoms with van der Waals surface area (Å²) in [4.78, 5) is 12.6. The Balaban J connectivity index is 1.84. The molecule has 1 aliphatic heterocycles. The number of hydrogen-bond acceptors (Lipinski definition) is 4. The summed E-state index contributed by atoms with van der Waals surface area (Å²) in [5, 5.41) is 0.686. The van der Waals surface area contributed by atoms with E-state index in [0.717, 1.165) is 36.2 Å². The zero-order valence-corrected chi connectivity index (χ0v) is 16.4. The Bertz CT molecular complexity index is 1010. The van der Waals surface area contributed by atoms with Gasteiger partial charge in [0.25, 0.3) is 0 Å². The fraction of sp³-hybridized carbons (Fsp3) is 0.474. The van der Waals surface area contributed by atoms with Gasteiger partial charge in [-0.05, 0) is 45.1 Å². The topological polar surface area (TPSA) is 37.2 Å². The first kappa shape index (κ1) is 19.3. The first-order chi connectivity index (χ1) is 13.2. The van der Waals surface area contributed by atoms with Gasteiger partial charge in [0.1, 0.15) is 23.9 Å². The second-order valence-electron chi connectivity index (χ2n) is 7.47. The van der Waals surface area contributed by atoms with Crippen LogP contribution in [0.4, 0.5) is 18.9 Å². The molecule has 3 heterocycles. The largest absolute Gasteiger partial charge is 0.406 e. The van der Waals surface area contributed by atoms with Crippen LogP contribution in [0.15, 0.2) is 24.5 Å². The fourth-order valence-corrected chi connectivity index (χ4v) is 4.25. The van der Waals surface area contributed by atoms with Crippen LogP contribution in [0.1, 0.15) is 12.8 Å². The molecule has 1 saturated heterocycles. The SMILES string of the molecule is CN(C)C1CCCN(c2ccc3c(c2)c2ncnc(Cl)c2n3CC(F)(F)F)C1. The van der Waals surface area contributed by atoms with E-state index in [0.29, 0.717) is 22.5 Å². The van der Waals surface area contributed by atoms with Crippen LogP contribution in [0.25, 0.3) is 21.9 Å². The number of piperidine rings is 1. The van der Waals surface area contributed by atoms with Crippen LogP contribution in [-0.2, 0) is 6.54 Å². The maximum atomic E-state index is 13.2. The number of halogens is 4. The van der Waals surface area contributed by atoms with Gasteiger partial charge in [-0.1, -0.05) is 11.6 Å².